The number of nitrogen functional groups attached to an aromatic ring is 1. The Labute approximate surface area is 127 Å². The molecule has 0 unspecified atom stereocenters. The maximum Gasteiger partial charge on any atom is 0.222 e. The van der Waals surface area contributed by atoms with E-state index in [0.717, 1.165) is 10.9 Å². The van der Waals surface area contributed by atoms with E-state index in [9.17, 15) is 0 Å². The minimum Gasteiger partial charge on any atom is -0.493 e. The zero-order chi connectivity index (χ0) is 15.4. The number of nitrogens with two attached hydrogens (primary N) is 1. The van der Waals surface area contributed by atoms with Crippen molar-refractivity contribution in [2.75, 3.05) is 20.0 Å². The molecule has 7 nitrogen and oxygen atoms in total. The summed E-state index contributed by atoms with van der Waals surface area (Å²) in [6, 6.07) is 1.96. The summed E-state index contributed by atoms with van der Waals surface area (Å²) < 4.78 is 12.5. The van der Waals surface area contributed by atoms with Crippen LogP contribution in [0.2, 0.25) is 0 Å². The molecule has 0 aliphatic carbocycles. The zero-order valence-electron chi connectivity index (χ0n) is 12.5. The lowest BCUT2D eigenvalue weighted by Crippen LogP contribution is -2.07. The number of pyridine rings is 1. The monoisotopic (exact) mass is 309 g/mol. The molecule has 0 atom stereocenters. The molecule has 2 aromatic heterocycles. The predicted molar refractivity (Wildman–Crippen MR) is 81.7 cm³/mol. The van der Waals surface area contributed by atoms with E-state index >= 15 is 0 Å². The van der Waals surface area contributed by atoms with Gasteiger partial charge in [-0.05, 0) is 13.8 Å². The van der Waals surface area contributed by atoms with Gasteiger partial charge >= 0.3 is 0 Å². The van der Waals surface area contributed by atoms with Crippen LogP contribution < -0.4 is 15.2 Å². The van der Waals surface area contributed by atoms with Gasteiger partial charge in [0.15, 0.2) is 16.7 Å². The highest BCUT2D eigenvalue weighted by molar-refractivity contribution is 7.98. The lowest BCUT2D eigenvalue weighted by Gasteiger charge is -2.13. The smallest absolute Gasteiger partial charge is 0.222 e. The number of aromatic nitrogens is 4. The standard InChI is InChI=1S/C13H19N5O2S/c1-8(2)18-12(14)16-17-13(18)21-7-9-11(20-4)10(19-3)5-6-15-9/h5-6,8H,7H2,1-4H3,(H2,14,16). The van der Waals surface area contributed by atoms with Crippen LogP contribution in [-0.4, -0.2) is 34.0 Å². The molecule has 2 N–H and O–H groups in total. The summed E-state index contributed by atoms with van der Waals surface area (Å²) >= 11 is 1.51. The predicted octanol–water partition coefficient (Wildman–Crippen LogP) is 2.15. The van der Waals surface area contributed by atoms with Crippen molar-refractivity contribution in [3.8, 4) is 11.5 Å². The molecule has 0 aliphatic heterocycles. The second kappa shape index (κ2) is 6.66. The first-order chi connectivity index (χ1) is 10.1. The van der Waals surface area contributed by atoms with Crippen LogP contribution in [0.3, 0.4) is 0 Å². The fraction of sp³-hybridized carbons (Fsp3) is 0.462. The van der Waals surface area contributed by atoms with Gasteiger partial charge in [-0.3, -0.25) is 9.55 Å². The summed E-state index contributed by atoms with van der Waals surface area (Å²) in [4.78, 5) is 4.34. The van der Waals surface area contributed by atoms with Gasteiger partial charge in [0, 0.05) is 24.1 Å². The molecule has 0 aliphatic rings. The minimum atomic E-state index is 0.197. The lowest BCUT2D eigenvalue weighted by atomic mass is 10.3. The molecule has 0 aromatic carbocycles. The topological polar surface area (TPSA) is 88.1 Å². The Morgan fingerprint density at radius 3 is 2.67 bits per heavy atom. The van der Waals surface area contributed by atoms with E-state index in [4.69, 9.17) is 15.2 Å². The molecule has 0 fully saturated rings. The average Bonchev–Trinajstić information content (AvgIpc) is 2.85. The van der Waals surface area contributed by atoms with Crippen molar-refractivity contribution in [1.29, 1.82) is 0 Å². The van der Waals surface area contributed by atoms with E-state index in [0.29, 0.717) is 23.2 Å². The van der Waals surface area contributed by atoms with Gasteiger partial charge in [0.25, 0.3) is 0 Å². The van der Waals surface area contributed by atoms with Crippen LogP contribution in [-0.2, 0) is 5.75 Å². The normalized spacial score (nSPS) is 10.9. The number of hydrogen-bond donors (Lipinski definition) is 1. The third-order valence-corrected chi connectivity index (χ3v) is 3.87. The van der Waals surface area contributed by atoms with E-state index in [1.807, 2.05) is 18.4 Å². The van der Waals surface area contributed by atoms with Gasteiger partial charge < -0.3 is 15.2 Å². The van der Waals surface area contributed by atoms with Crippen molar-refractivity contribution in [2.45, 2.75) is 30.8 Å². The second-order valence-corrected chi connectivity index (χ2v) is 5.53. The number of thioether (sulfide) groups is 1. The van der Waals surface area contributed by atoms with Gasteiger partial charge in [-0.15, -0.1) is 10.2 Å². The van der Waals surface area contributed by atoms with Crippen LogP contribution in [0.4, 0.5) is 5.95 Å². The number of rotatable bonds is 6. The molecular weight excluding hydrogens is 290 g/mol. The van der Waals surface area contributed by atoms with E-state index in [1.54, 1.807) is 26.5 Å². The number of ether oxygens (including phenoxy) is 2. The van der Waals surface area contributed by atoms with Crippen molar-refractivity contribution in [3.63, 3.8) is 0 Å². The van der Waals surface area contributed by atoms with Crippen molar-refractivity contribution < 1.29 is 9.47 Å². The maximum absolute atomic E-state index is 5.83. The summed E-state index contributed by atoms with van der Waals surface area (Å²) in [6.07, 6.45) is 1.69. The van der Waals surface area contributed by atoms with Gasteiger partial charge in [-0.1, -0.05) is 11.8 Å². The van der Waals surface area contributed by atoms with Crippen LogP contribution in [0.1, 0.15) is 25.6 Å². The number of anilines is 1. The average molecular weight is 309 g/mol. The molecule has 0 saturated carbocycles. The number of methoxy groups -OCH3 is 2. The largest absolute Gasteiger partial charge is 0.493 e. The molecule has 2 rings (SSSR count). The molecule has 2 aromatic rings. The molecule has 0 amide bonds. The first kappa shape index (κ1) is 15.4. The van der Waals surface area contributed by atoms with Crippen LogP contribution in [0, 0.1) is 0 Å². The van der Waals surface area contributed by atoms with Crippen LogP contribution in [0.25, 0.3) is 0 Å². The molecule has 0 spiro atoms. The Morgan fingerprint density at radius 1 is 1.29 bits per heavy atom. The highest BCUT2D eigenvalue weighted by Crippen LogP contribution is 2.33. The fourth-order valence-electron chi connectivity index (χ4n) is 1.96. The first-order valence-electron chi connectivity index (χ1n) is 6.47. The van der Waals surface area contributed by atoms with Crippen molar-refractivity contribution in [2.24, 2.45) is 0 Å². The molecule has 21 heavy (non-hydrogen) atoms. The third kappa shape index (κ3) is 3.21. The van der Waals surface area contributed by atoms with Gasteiger partial charge in [-0.25, -0.2) is 0 Å². The molecule has 0 radical (unpaired) electrons. The van der Waals surface area contributed by atoms with E-state index in [1.165, 1.54) is 11.8 Å². The molecule has 2 heterocycles. The molecule has 0 saturated heterocycles. The Bertz CT molecular complexity index is 615. The van der Waals surface area contributed by atoms with Crippen LogP contribution in [0.5, 0.6) is 11.5 Å². The van der Waals surface area contributed by atoms with Crippen molar-refractivity contribution >= 4 is 17.7 Å². The molecular formula is C13H19N5O2S. The second-order valence-electron chi connectivity index (χ2n) is 4.59. The van der Waals surface area contributed by atoms with Gasteiger partial charge in [-0.2, -0.15) is 0 Å². The first-order valence-corrected chi connectivity index (χ1v) is 7.46. The van der Waals surface area contributed by atoms with Crippen molar-refractivity contribution in [1.82, 2.24) is 19.7 Å². The highest BCUT2D eigenvalue weighted by atomic mass is 32.2. The lowest BCUT2D eigenvalue weighted by molar-refractivity contribution is 0.350. The quantitative estimate of drug-likeness (QED) is 0.818. The van der Waals surface area contributed by atoms with Crippen LogP contribution >= 0.6 is 11.8 Å². The molecule has 8 heteroatoms. The Kier molecular flexibility index (Phi) is 4.89. The summed E-state index contributed by atoms with van der Waals surface area (Å²) in [6.45, 7) is 4.07. The van der Waals surface area contributed by atoms with Gasteiger partial charge in [0.1, 0.15) is 0 Å². The summed E-state index contributed by atoms with van der Waals surface area (Å²) in [5, 5.41) is 8.78. The Hall–Kier alpha value is -1.96. The summed E-state index contributed by atoms with van der Waals surface area (Å²) in [7, 11) is 3.20. The maximum atomic E-state index is 5.83. The minimum absolute atomic E-state index is 0.197. The SMILES string of the molecule is COc1ccnc(CSc2nnc(N)n2C(C)C)c1OC. The fourth-order valence-corrected chi connectivity index (χ4v) is 2.97. The van der Waals surface area contributed by atoms with Crippen LogP contribution in [0.15, 0.2) is 17.4 Å². The number of hydrogen-bond acceptors (Lipinski definition) is 7. The molecule has 114 valence electrons. The van der Waals surface area contributed by atoms with Crippen molar-refractivity contribution in [3.05, 3.63) is 18.0 Å². The summed E-state index contributed by atoms with van der Waals surface area (Å²) in [5.41, 5.74) is 6.62. The third-order valence-electron chi connectivity index (χ3n) is 2.91. The Balaban J connectivity index is 2.21. The number of nitrogens with zero attached hydrogens (tertiary/aromatic N) is 4. The summed E-state index contributed by atoms with van der Waals surface area (Å²) in [5.74, 6) is 2.30. The Morgan fingerprint density at radius 2 is 2.05 bits per heavy atom. The zero-order valence-corrected chi connectivity index (χ0v) is 13.3. The van der Waals surface area contributed by atoms with E-state index in [2.05, 4.69) is 15.2 Å². The van der Waals surface area contributed by atoms with E-state index in [-0.39, 0.29) is 6.04 Å². The molecule has 0 bridgehead atoms. The van der Waals surface area contributed by atoms with E-state index < -0.39 is 0 Å². The van der Waals surface area contributed by atoms with Gasteiger partial charge in [0.2, 0.25) is 5.95 Å². The van der Waals surface area contributed by atoms with Gasteiger partial charge in [0.05, 0.1) is 19.9 Å². The highest BCUT2D eigenvalue weighted by Gasteiger charge is 2.16.